The smallest absolute Gasteiger partial charge is 0.328 e. The van der Waals surface area contributed by atoms with Crippen LogP contribution in [0, 0.1) is 5.41 Å². The highest BCUT2D eigenvalue weighted by Crippen LogP contribution is 2.35. The Morgan fingerprint density at radius 3 is 1.91 bits per heavy atom. The Labute approximate surface area is 202 Å². The number of esters is 2. The highest BCUT2D eigenvalue weighted by Gasteiger charge is 2.46. The molecule has 0 fully saturated rings. The summed E-state index contributed by atoms with van der Waals surface area (Å²) in [6.07, 6.45) is 12.8. The second kappa shape index (κ2) is 16.1. The largest absolute Gasteiger partial charge is 0.493 e. The fourth-order valence-corrected chi connectivity index (χ4v) is 4.07. The molecule has 0 aliphatic rings. The molecule has 0 heterocycles. The summed E-state index contributed by atoms with van der Waals surface area (Å²) >= 11 is 3.37. The molecule has 1 rings (SSSR count). The number of carbonyl (C=O) groups excluding carboxylic acids is 2. The number of hydrogen-bond donors (Lipinski definition) is 0. The summed E-state index contributed by atoms with van der Waals surface area (Å²) in [4.78, 5) is 25.9. The van der Waals surface area contributed by atoms with Crippen molar-refractivity contribution in [3.63, 3.8) is 0 Å². The monoisotopic (exact) mass is 512 g/mol. The van der Waals surface area contributed by atoms with Crippen LogP contribution in [0.15, 0.2) is 22.7 Å². The molecule has 1 aromatic rings. The van der Waals surface area contributed by atoms with Gasteiger partial charge in [0, 0.05) is 4.47 Å². The molecule has 0 atom stereocenters. The zero-order valence-corrected chi connectivity index (χ0v) is 21.9. The minimum absolute atomic E-state index is 0.287. The molecule has 0 bridgehead atoms. The molecule has 0 saturated carbocycles. The van der Waals surface area contributed by atoms with E-state index in [0.29, 0.717) is 25.2 Å². The van der Waals surface area contributed by atoms with Gasteiger partial charge < -0.3 is 14.2 Å². The summed E-state index contributed by atoms with van der Waals surface area (Å²) in [7, 11) is 1.51. The molecule has 5 nitrogen and oxygen atoms in total. The quantitative estimate of drug-likeness (QED) is 0.0927. The summed E-state index contributed by atoms with van der Waals surface area (Å²) < 4.78 is 17.2. The third-order valence-electron chi connectivity index (χ3n) is 6.05. The van der Waals surface area contributed by atoms with E-state index < -0.39 is 17.4 Å². The lowest BCUT2D eigenvalue weighted by atomic mass is 9.82. The third-order valence-corrected chi connectivity index (χ3v) is 6.54. The minimum atomic E-state index is -1.31. The normalized spacial score (nSPS) is 11.3. The van der Waals surface area contributed by atoms with Gasteiger partial charge in [-0.25, -0.2) is 0 Å². The first-order chi connectivity index (χ1) is 15.4. The van der Waals surface area contributed by atoms with Crippen LogP contribution in [0.3, 0.4) is 0 Å². The van der Waals surface area contributed by atoms with Gasteiger partial charge in [-0.1, -0.05) is 94.5 Å². The Morgan fingerprint density at radius 2 is 1.38 bits per heavy atom. The van der Waals surface area contributed by atoms with Gasteiger partial charge in [0.1, 0.15) is 0 Å². The van der Waals surface area contributed by atoms with Crippen LogP contribution in [0.25, 0.3) is 0 Å². The average molecular weight is 514 g/mol. The molecule has 182 valence electrons. The fourth-order valence-electron chi connectivity index (χ4n) is 3.73. The van der Waals surface area contributed by atoms with E-state index in [-0.39, 0.29) is 5.75 Å². The maximum atomic E-state index is 13.0. The predicted molar refractivity (Wildman–Crippen MR) is 132 cm³/mol. The highest BCUT2D eigenvalue weighted by atomic mass is 79.9. The van der Waals surface area contributed by atoms with Gasteiger partial charge in [0.05, 0.1) is 13.7 Å². The Bertz CT molecular complexity index is 685. The molecule has 0 radical (unpaired) electrons. The lowest BCUT2D eigenvalue weighted by molar-refractivity contribution is -0.168. The van der Waals surface area contributed by atoms with Crippen molar-refractivity contribution in [1.82, 2.24) is 0 Å². The van der Waals surface area contributed by atoms with Gasteiger partial charge in [-0.2, -0.15) is 0 Å². The molecule has 6 heteroatoms. The van der Waals surface area contributed by atoms with Crippen LogP contribution in [0.2, 0.25) is 0 Å². The van der Waals surface area contributed by atoms with Crippen molar-refractivity contribution < 1.29 is 23.8 Å². The molecule has 0 saturated heterocycles. The second-order valence-corrected chi connectivity index (χ2v) is 9.21. The number of rotatable bonds is 17. The number of methoxy groups -OCH3 is 1. The first-order valence-corrected chi connectivity index (χ1v) is 13.0. The standard InChI is InChI=1S/C26H41BrO5/c1-5-8-9-10-11-12-13-14-15-16-19-31-24(28)26(6-2,7-3)25(29)32-22-18-17-21(27)20-23(22)30-4/h17-18,20H,5-16,19H2,1-4H3. The Hall–Kier alpha value is -1.56. The molecular weight excluding hydrogens is 472 g/mol. The van der Waals surface area contributed by atoms with Gasteiger partial charge in [0.15, 0.2) is 16.9 Å². The van der Waals surface area contributed by atoms with Crippen molar-refractivity contribution in [3.8, 4) is 11.5 Å². The van der Waals surface area contributed by atoms with E-state index in [9.17, 15) is 9.59 Å². The topological polar surface area (TPSA) is 61.8 Å². The molecule has 0 aliphatic heterocycles. The van der Waals surface area contributed by atoms with Gasteiger partial charge in [-0.05, 0) is 37.5 Å². The minimum Gasteiger partial charge on any atom is -0.493 e. The van der Waals surface area contributed by atoms with E-state index in [1.165, 1.54) is 52.1 Å². The number of benzene rings is 1. The van der Waals surface area contributed by atoms with Crippen LogP contribution in [0.1, 0.15) is 97.8 Å². The molecule has 0 N–H and O–H groups in total. The maximum absolute atomic E-state index is 13.0. The zero-order valence-electron chi connectivity index (χ0n) is 20.3. The van der Waals surface area contributed by atoms with Crippen LogP contribution < -0.4 is 9.47 Å². The van der Waals surface area contributed by atoms with E-state index in [0.717, 1.165) is 23.7 Å². The summed E-state index contributed by atoms with van der Waals surface area (Å²) in [6.45, 7) is 6.20. The first-order valence-electron chi connectivity index (χ1n) is 12.2. The van der Waals surface area contributed by atoms with Crippen molar-refractivity contribution in [2.75, 3.05) is 13.7 Å². The van der Waals surface area contributed by atoms with Crippen molar-refractivity contribution in [2.45, 2.75) is 97.8 Å². The first kappa shape index (κ1) is 28.5. The van der Waals surface area contributed by atoms with Crippen molar-refractivity contribution >= 4 is 27.9 Å². The maximum Gasteiger partial charge on any atom is 0.328 e. The van der Waals surface area contributed by atoms with E-state index in [2.05, 4.69) is 22.9 Å². The van der Waals surface area contributed by atoms with Gasteiger partial charge in [0.25, 0.3) is 0 Å². The number of carbonyl (C=O) groups is 2. The van der Waals surface area contributed by atoms with Crippen LogP contribution in [0.4, 0.5) is 0 Å². The average Bonchev–Trinajstić information content (AvgIpc) is 2.79. The predicted octanol–water partition coefficient (Wildman–Crippen LogP) is 7.63. The molecule has 0 spiro atoms. The summed E-state index contributed by atoms with van der Waals surface area (Å²) in [6, 6.07) is 5.12. The molecule has 0 aromatic heterocycles. The van der Waals surface area contributed by atoms with E-state index in [1.54, 1.807) is 18.2 Å². The van der Waals surface area contributed by atoms with Crippen LogP contribution in [-0.2, 0) is 14.3 Å². The van der Waals surface area contributed by atoms with E-state index >= 15 is 0 Å². The number of unbranched alkanes of at least 4 members (excludes halogenated alkanes) is 9. The van der Waals surface area contributed by atoms with Crippen LogP contribution in [0.5, 0.6) is 11.5 Å². The lowest BCUT2D eigenvalue weighted by Gasteiger charge is -2.27. The number of ether oxygens (including phenoxy) is 3. The fraction of sp³-hybridized carbons (Fsp3) is 0.692. The molecule has 0 amide bonds. The van der Waals surface area contributed by atoms with Gasteiger partial charge in [-0.3, -0.25) is 9.59 Å². The van der Waals surface area contributed by atoms with Gasteiger partial charge in [-0.15, -0.1) is 0 Å². The van der Waals surface area contributed by atoms with Gasteiger partial charge >= 0.3 is 11.9 Å². The lowest BCUT2D eigenvalue weighted by Crippen LogP contribution is -2.42. The molecular formula is C26H41BrO5. The molecule has 0 unspecified atom stereocenters. The SMILES string of the molecule is CCCCCCCCCCCCOC(=O)C(CC)(CC)C(=O)Oc1ccc(Br)cc1OC. The second-order valence-electron chi connectivity index (χ2n) is 8.29. The number of halogens is 1. The van der Waals surface area contributed by atoms with Crippen LogP contribution >= 0.6 is 15.9 Å². The summed E-state index contributed by atoms with van der Waals surface area (Å²) in [5.41, 5.74) is -1.31. The third kappa shape index (κ3) is 9.13. The molecule has 0 aliphatic carbocycles. The zero-order chi connectivity index (χ0) is 23.8. The number of hydrogen-bond acceptors (Lipinski definition) is 5. The van der Waals surface area contributed by atoms with E-state index in [4.69, 9.17) is 14.2 Å². The van der Waals surface area contributed by atoms with Crippen molar-refractivity contribution in [3.05, 3.63) is 22.7 Å². The molecule has 1 aromatic carbocycles. The Morgan fingerprint density at radius 1 is 0.812 bits per heavy atom. The van der Waals surface area contributed by atoms with E-state index in [1.807, 2.05) is 13.8 Å². The highest BCUT2D eigenvalue weighted by molar-refractivity contribution is 9.10. The van der Waals surface area contributed by atoms with Gasteiger partial charge in [0.2, 0.25) is 0 Å². The van der Waals surface area contributed by atoms with Crippen LogP contribution in [-0.4, -0.2) is 25.7 Å². The summed E-state index contributed by atoms with van der Waals surface area (Å²) in [5, 5.41) is 0. The summed E-state index contributed by atoms with van der Waals surface area (Å²) in [5.74, 6) is -0.391. The Kier molecular flexibility index (Phi) is 14.3. The van der Waals surface area contributed by atoms with Crippen molar-refractivity contribution in [1.29, 1.82) is 0 Å². The molecule has 32 heavy (non-hydrogen) atoms. The van der Waals surface area contributed by atoms with Crippen molar-refractivity contribution in [2.24, 2.45) is 5.41 Å². The Balaban J connectivity index is 2.47.